The summed E-state index contributed by atoms with van der Waals surface area (Å²) < 4.78 is 32.3. The lowest BCUT2D eigenvalue weighted by Gasteiger charge is -2.10. The van der Waals surface area contributed by atoms with Crippen molar-refractivity contribution in [3.8, 4) is 18.1 Å². The van der Waals surface area contributed by atoms with E-state index in [1.165, 1.54) is 12.1 Å². The first kappa shape index (κ1) is 14.5. The molecule has 0 aliphatic rings. The van der Waals surface area contributed by atoms with Crippen LogP contribution in [0.4, 0.5) is 8.78 Å². The Morgan fingerprint density at radius 1 is 1.39 bits per heavy atom. The van der Waals surface area contributed by atoms with E-state index in [4.69, 9.17) is 16.9 Å². The molecule has 18 heavy (non-hydrogen) atoms. The number of nitrogens with two attached hydrogens (primary N) is 1. The van der Waals surface area contributed by atoms with Crippen molar-refractivity contribution in [2.24, 2.45) is 5.73 Å². The standard InChI is InChI=1S/C14H17F2NO/c1-3-4-5-6-18-14-12(15)8-11(7-10(2)17)9-13(14)16/h1,8-10H,4-7,17H2,2H3. The van der Waals surface area contributed by atoms with Crippen molar-refractivity contribution in [2.45, 2.75) is 32.2 Å². The maximum absolute atomic E-state index is 13.6. The highest BCUT2D eigenvalue weighted by molar-refractivity contribution is 5.31. The van der Waals surface area contributed by atoms with E-state index in [0.717, 1.165) is 0 Å². The van der Waals surface area contributed by atoms with Gasteiger partial charge in [0, 0.05) is 12.5 Å². The minimum atomic E-state index is -0.702. The molecule has 0 bridgehead atoms. The van der Waals surface area contributed by atoms with Gasteiger partial charge < -0.3 is 10.5 Å². The third-order valence-electron chi connectivity index (χ3n) is 2.33. The first-order chi connectivity index (χ1) is 8.54. The molecular formula is C14H17F2NO. The van der Waals surface area contributed by atoms with Gasteiger partial charge in [-0.2, -0.15) is 0 Å². The molecule has 1 atom stereocenters. The molecule has 0 aliphatic carbocycles. The molecule has 0 aromatic heterocycles. The zero-order valence-electron chi connectivity index (χ0n) is 10.4. The van der Waals surface area contributed by atoms with Gasteiger partial charge >= 0.3 is 0 Å². The molecule has 1 rings (SSSR count). The van der Waals surface area contributed by atoms with Gasteiger partial charge in [0.05, 0.1) is 6.61 Å². The number of unbranched alkanes of at least 4 members (excludes halogenated alkanes) is 1. The summed E-state index contributed by atoms with van der Waals surface area (Å²) in [4.78, 5) is 0. The van der Waals surface area contributed by atoms with Crippen molar-refractivity contribution in [2.75, 3.05) is 6.61 Å². The zero-order chi connectivity index (χ0) is 13.5. The van der Waals surface area contributed by atoms with Crippen LogP contribution in [0.15, 0.2) is 12.1 Å². The predicted octanol–water partition coefficient (Wildman–Crippen LogP) is 2.65. The molecule has 0 saturated carbocycles. The number of terminal acetylenes is 1. The average molecular weight is 253 g/mol. The summed E-state index contributed by atoms with van der Waals surface area (Å²) >= 11 is 0. The monoisotopic (exact) mass is 253 g/mol. The Kier molecular flexibility index (Phi) is 5.60. The van der Waals surface area contributed by atoms with Gasteiger partial charge in [-0.05, 0) is 37.5 Å². The van der Waals surface area contributed by atoms with Gasteiger partial charge in [0.15, 0.2) is 17.4 Å². The van der Waals surface area contributed by atoms with Gasteiger partial charge in [0.2, 0.25) is 0 Å². The van der Waals surface area contributed by atoms with E-state index in [1.807, 2.05) is 0 Å². The molecule has 0 heterocycles. The molecule has 1 aromatic rings. The maximum atomic E-state index is 13.6. The second-order valence-corrected chi connectivity index (χ2v) is 4.23. The molecule has 1 aromatic carbocycles. The van der Waals surface area contributed by atoms with Crippen LogP contribution in [-0.4, -0.2) is 12.6 Å². The SMILES string of the molecule is C#CCCCOc1c(F)cc(CC(C)N)cc1F. The third kappa shape index (κ3) is 4.34. The van der Waals surface area contributed by atoms with E-state index in [0.29, 0.717) is 24.8 Å². The van der Waals surface area contributed by atoms with Gasteiger partial charge in [0.1, 0.15) is 0 Å². The minimum absolute atomic E-state index is 0.147. The molecule has 98 valence electrons. The molecule has 0 radical (unpaired) electrons. The van der Waals surface area contributed by atoms with Crippen molar-refractivity contribution in [3.63, 3.8) is 0 Å². The largest absolute Gasteiger partial charge is 0.488 e. The molecule has 0 amide bonds. The molecule has 0 aliphatic heterocycles. The molecule has 0 fully saturated rings. The van der Waals surface area contributed by atoms with E-state index in [2.05, 4.69) is 5.92 Å². The Balaban J connectivity index is 2.72. The van der Waals surface area contributed by atoms with Crippen LogP contribution in [0.2, 0.25) is 0 Å². The fourth-order valence-corrected chi connectivity index (χ4v) is 1.59. The Labute approximate surface area is 106 Å². The Morgan fingerprint density at radius 3 is 2.50 bits per heavy atom. The van der Waals surface area contributed by atoms with Crippen molar-refractivity contribution < 1.29 is 13.5 Å². The summed E-state index contributed by atoms with van der Waals surface area (Å²) in [6, 6.07) is 2.36. The summed E-state index contributed by atoms with van der Waals surface area (Å²) in [5.74, 6) is 0.681. The van der Waals surface area contributed by atoms with E-state index < -0.39 is 11.6 Å². The second-order valence-electron chi connectivity index (χ2n) is 4.23. The van der Waals surface area contributed by atoms with Crippen LogP contribution in [0.3, 0.4) is 0 Å². The first-order valence-electron chi connectivity index (χ1n) is 5.84. The molecule has 4 heteroatoms. The van der Waals surface area contributed by atoms with Gasteiger partial charge in [-0.1, -0.05) is 0 Å². The molecule has 2 N–H and O–H groups in total. The Bertz CT molecular complexity index is 415. The number of ether oxygens (including phenoxy) is 1. The van der Waals surface area contributed by atoms with Crippen LogP contribution in [-0.2, 0) is 6.42 Å². The summed E-state index contributed by atoms with van der Waals surface area (Å²) in [7, 11) is 0. The third-order valence-corrected chi connectivity index (χ3v) is 2.33. The van der Waals surface area contributed by atoms with E-state index >= 15 is 0 Å². The lowest BCUT2D eigenvalue weighted by atomic mass is 10.1. The Hall–Kier alpha value is -1.60. The number of benzene rings is 1. The maximum Gasteiger partial charge on any atom is 0.190 e. The van der Waals surface area contributed by atoms with Crippen molar-refractivity contribution in [1.29, 1.82) is 0 Å². The number of hydrogen-bond donors (Lipinski definition) is 1. The van der Waals surface area contributed by atoms with Crippen molar-refractivity contribution in [3.05, 3.63) is 29.3 Å². The fraction of sp³-hybridized carbons (Fsp3) is 0.429. The van der Waals surface area contributed by atoms with Crippen LogP contribution < -0.4 is 10.5 Å². The smallest absolute Gasteiger partial charge is 0.190 e. The van der Waals surface area contributed by atoms with Crippen molar-refractivity contribution in [1.82, 2.24) is 0 Å². The average Bonchev–Trinajstić information content (AvgIpc) is 2.26. The lowest BCUT2D eigenvalue weighted by molar-refractivity contribution is 0.281. The summed E-state index contributed by atoms with van der Waals surface area (Å²) in [6.45, 7) is 1.98. The molecular weight excluding hydrogens is 236 g/mol. The fourth-order valence-electron chi connectivity index (χ4n) is 1.59. The normalized spacial score (nSPS) is 11.9. The topological polar surface area (TPSA) is 35.2 Å². The lowest BCUT2D eigenvalue weighted by Crippen LogP contribution is -2.18. The minimum Gasteiger partial charge on any atom is -0.488 e. The summed E-state index contributed by atoms with van der Waals surface area (Å²) in [5.41, 5.74) is 6.11. The number of hydrogen-bond acceptors (Lipinski definition) is 2. The second kappa shape index (κ2) is 6.97. The van der Waals surface area contributed by atoms with Crippen LogP contribution in [0.25, 0.3) is 0 Å². The van der Waals surface area contributed by atoms with Gasteiger partial charge in [0.25, 0.3) is 0 Å². The number of halogens is 2. The quantitative estimate of drug-likeness (QED) is 0.625. The molecule has 1 unspecified atom stereocenters. The molecule has 0 spiro atoms. The van der Waals surface area contributed by atoms with Crippen LogP contribution >= 0.6 is 0 Å². The molecule has 0 saturated heterocycles. The highest BCUT2D eigenvalue weighted by Gasteiger charge is 2.13. The Morgan fingerprint density at radius 2 is 2.00 bits per heavy atom. The predicted molar refractivity (Wildman–Crippen MR) is 67.3 cm³/mol. The molecule has 2 nitrogen and oxygen atoms in total. The highest BCUT2D eigenvalue weighted by atomic mass is 19.1. The zero-order valence-corrected chi connectivity index (χ0v) is 10.4. The first-order valence-corrected chi connectivity index (χ1v) is 5.84. The summed E-state index contributed by atoms with van der Waals surface area (Å²) in [6.07, 6.45) is 6.58. The van der Waals surface area contributed by atoms with E-state index in [9.17, 15) is 8.78 Å². The summed E-state index contributed by atoms with van der Waals surface area (Å²) in [5, 5.41) is 0. The van der Waals surface area contributed by atoms with Gasteiger partial charge in [-0.25, -0.2) is 8.78 Å². The van der Waals surface area contributed by atoms with Crippen molar-refractivity contribution >= 4 is 0 Å². The highest BCUT2D eigenvalue weighted by Crippen LogP contribution is 2.24. The number of rotatable bonds is 6. The van der Waals surface area contributed by atoms with Gasteiger partial charge in [-0.15, -0.1) is 12.3 Å². The van der Waals surface area contributed by atoms with Crippen LogP contribution in [0.1, 0.15) is 25.3 Å². The van der Waals surface area contributed by atoms with Gasteiger partial charge in [-0.3, -0.25) is 0 Å². The van der Waals surface area contributed by atoms with Crippen LogP contribution in [0.5, 0.6) is 5.75 Å². The van der Waals surface area contributed by atoms with E-state index in [-0.39, 0.29) is 18.4 Å². The van der Waals surface area contributed by atoms with Crippen LogP contribution in [0, 0.1) is 24.0 Å². The van der Waals surface area contributed by atoms with E-state index in [1.54, 1.807) is 6.92 Å².